The van der Waals surface area contributed by atoms with Gasteiger partial charge in [0.1, 0.15) is 16.4 Å². The number of amides is 1. The average Bonchev–Trinajstić information content (AvgIpc) is 3.01. The first kappa shape index (κ1) is 16.1. The lowest BCUT2D eigenvalue weighted by Gasteiger charge is -2.05. The predicted octanol–water partition coefficient (Wildman–Crippen LogP) is 2.36. The van der Waals surface area contributed by atoms with Crippen molar-refractivity contribution in [3.05, 3.63) is 51.4 Å². The highest BCUT2D eigenvalue weighted by atomic mass is 32.1. The van der Waals surface area contributed by atoms with Crippen molar-refractivity contribution < 1.29 is 9.53 Å². The van der Waals surface area contributed by atoms with Crippen molar-refractivity contribution in [2.24, 2.45) is 0 Å². The Morgan fingerprint density at radius 3 is 2.75 bits per heavy atom. The zero-order chi connectivity index (χ0) is 17.1. The van der Waals surface area contributed by atoms with Crippen LogP contribution >= 0.6 is 11.3 Å². The van der Waals surface area contributed by atoms with Crippen molar-refractivity contribution in [2.45, 2.75) is 19.8 Å². The molecule has 2 heterocycles. The van der Waals surface area contributed by atoms with Gasteiger partial charge in [-0.15, -0.1) is 0 Å². The van der Waals surface area contributed by atoms with E-state index in [1.54, 1.807) is 31.4 Å². The maximum absolute atomic E-state index is 12.4. The largest absolute Gasteiger partial charge is 0.497 e. The van der Waals surface area contributed by atoms with Crippen LogP contribution in [-0.2, 0) is 6.42 Å². The molecule has 0 spiro atoms. The third-order valence-electron chi connectivity index (χ3n) is 3.39. The monoisotopic (exact) mass is 344 g/mol. The molecule has 3 rings (SSSR count). The molecule has 3 aromatic rings. The summed E-state index contributed by atoms with van der Waals surface area (Å²) in [6, 6.07) is 6.61. The molecule has 0 aliphatic heterocycles. The molecule has 0 saturated heterocycles. The van der Waals surface area contributed by atoms with Crippen LogP contribution in [0.5, 0.6) is 5.75 Å². The molecule has 0 radical (unpaired) electrons. The Kier molecular flexibility index (Phi) is 4.57. The molecule has 0 aliphatic rings. The first-order valence-corrected chi connectivity index (χ1v) is 8.27. The van der Waals surface area contributed by atoms with Crippen LogP contribution in [0.1, 0.15) is 28.7 Å². The highest BCUT2D eigenvalue weighted by molar-refractivity contribution is 7.16. The van der Waals surface area contributed by atoms with Crippen LogP contribution in [0.15, 0.2) is 35.3 Å². The van der Waals surface area contributed by atoms with Gasteiger partial charge in [0.15, 0.2) is 0 Å². The van der Waals surface area contributed by atoms with Gasteiger partial charge in [-0.2, -0.15) is 9.61 Å². The molecular weight excluding hydrogens is 328 g/mol. The van der Waals surface area contributed by atoms with E-state index >= 15 is 0 Å². The zero-order valence-corrected chi connectivity index (χ0v) is 14.1. The van der Waals surface area contributed by atoms with Gasteiger partial charge in [-0.3, -0.25) is 9.59 Å². The molecule has 0 fully saturated rings. The van der Waals surface area contributed by atoms with Gasteiger partial charge in [0.05, 0.1) is 13.3 Å². The van der Waals surface area contributed by atoms with E-state index in [-0.39, 0.29) is 17.2 Å². The number of benzene rings is 1. The van der Waals surface area contributed by atoms with Gasteiger partial charge in [-0.05, 0) is 30.7 Å². The van der Waals surface area contributed by atoms with E-state index in [2.05, 4.69) is 15.4 Å². The molecule has 0 bridgehead atoms. The van der Waals surface area contributed by atoms with Gasteiger partial charge in [0, 0.05) is 12.0 Å². The first-order chi connectivity index (χ1) is 11.6. The van der Waals surface area contributed by atoms with Crippen LogP contribution < -0.4 is 15.6 Å². The summed E-state index contributed by atoms with van der Waals surface area (Å²) in [4.78, 5) is 29.4. The van der Waals surface area contributed by atoms with Gasteiger partial charge in [0.25, 0.3) is 11.5 Å². The Balaban J connectivity index is 1.87. The number of methoxy groups -OCH3 is 1. The zero-order valence-electron chi connectivity index (χ0n) is 13.3. The lowest BCUT2D eigenvalue weighted by Crippen LogP contribution is -2.23. The summed E-state index contributed by atoms with van der Waals surface area (Å²) in [7, 11) is 1.55. The molecule has 124 valence electrons. The lowest BCUT2D eigenvalue weighted by atomic mass is 10.2. The third kappa shape index (κ3) is 3.13. The molecule has 8 heteroatoms. The summed E-state index contributed by atoms with van der Waals surface area (Å²) < 4.78 is 6.29. The summed E-state index contributed by atoms with van der Waals surface area (Å²) in [6.07, 6.45) is 3.10. The number of aromatic nitrogens is 3. The molecule has 0 unspecified atom stereocenters. The fourth-order valence-corrected chi connectivity index (χ4v) is 3.12. The molecule has 0 saturated carbocycles. The smallest absolute Gasteiger partial charge is 0.298 e. The quantitative estimate of drug-likeness (QED) is 0.768. The number of carbonyl (C=O) groups excluding carboxylic acids is 1. The SMILES string of the molecule is CCCc1nn2c(=O)c(NC(=O)c3ccc(OC)cc3)cnc2s1. The Morgan fingerprint density at radius 2 is 2.08 bits per heavy atom. The van der Waals surface area contributed by atoms with E-state index in [4.69, 9.17) is 4.74 Å². The van der Waals surface area contributed by atoms with Gasteiger partial charge >= 0.3 is 0 Å². The molecule has 0 aliphatic carbocycles. The minimum Gasteiger partial charge on any atom is -0.497 e. The van der Waals surface area contributed by atoms with Gasteiger partial charge in [-0.1, -0.05) is 18.3 Å². The number of nitrogens with zero attached hydrogens (tertiary/aromatic N) is 3. The molecule has 7 nitrogen and oxygen atoms in total. The van der Waals surface area contributed by atoms with Crippen LogP contribution in [0.4, 0.5) is 5.69 Å². The minimum atomic E-state index is -0.388. The van der Waals surface area contributed by atoms with E-state index in [1.165, 1.54) is 22.0 Å². The number of aryl methyl sites for hydroxylation is 1. The molecule has 1 amide bonds. The second kappa shape index (κ2) is 6.79. The molecule has 0 atom stereocenters. The normalized spacial score (nSPS) is 10.8. The Hall–Kier alpha value is -2.74. The molecule has 2 aromatic heterocycles. The number of rotatable bonds is 5. The summed E-state index contributed by atoms with van der Waals surface area (Å²) in [6.45, 7) is 2.04. The maximum atomic E-state index is 12.4. The van der Waals surface area contributed by atoms with Crippen molar-refractivity contribution in [3.8, 4) is 5.75 Å². The molecule has 1 aromatic carbocycles. The highest BCUT2D eigenvalue weighted by Gasteiger charge is 2.13. The van der Waals surface area contributed by atoms with Crippen molar-refractivity contribution in [1.29, 1.82) is 0 Å². The highest BCUT2D eigenvalue weighted by Crippen LogP contribution is 2.15. The average molecular weight is 344 g/mol. The second-order valence-corrected chi connectivity index (χ2v) is 6.14. The standard InChI is InChI=1S/C16H16N4O3S/c1-3-4-13-19-20-15(22)12(9-17-16(20)24-13)18-14(21)10-5-7-11(23-2)8-6-10/h5-9H,3-4H2,1-2H3,(H,18,21). The fourth-order valence-electron chi connectivity index (χ4n) is 2.16. The molecular formula is C16H16N4O3S. The van der Waals surface area contributed by atoms with Gasteiger partial charge in [0.2, 0.25) is 4.96 Å². The summed E-state index contributed by atoms with van der Waals surface area (Å²) in [5, 5.41) is 7.69. The van der Waals surface area contributed by atoms with Crippen molar-refractivity contribution in [1.82, 2.24) is 14.6 Å². The van der Waals surface area contributed by atoms with Crippen LogP contribution in [0.2, 0.25) is 0 Å². The first-order valence-electron chi connectivity index (χ1n) is 7.45. The topological polar surface area (TPSA) is 85.6 Å². The Morgan fingerprint density at radius 1 is 1.33 bits per heavy atom. The fraction of sp³-hybridized carbons (Fsp3) is 0.250. The van der Waals surface area contributed by atoms with Crippen LogP contribution in [0.25, 0.3) is 4.96 Å². The lowest BCUT2D eigenvalue weighted by molar-refractivity contribution is 0.102. The Bertz CT molecular complexity index is 931. The van der Waals surface area contributed by atoms with E-state index in [0.717, 1.165) is 17.8 Å². The summed E-state index contributed by atoms with van der Waals surface area (Å²) in [5.41, 5.74) is 0.132. The number of anilines is 1. The number of ether oxygens (including phenoxy) is 1. The number of hydrogen-bond donors (Lipinski definition) is 1. The van der Waals surface area contributed by atoms with Crippen LogP contribution in [0, 0.1) is 0 Å². The van der Waals surface area contributed by atoms with Crippen molar-refractivity contribution in [2.75, 3.05) is 12.4 Å². The van der Waals surface area contributed by atoms with Gasteiger partial charge < -0.3 is 10.1 Å². The van der Waals surface area contributed by atoms with E-state index in [0.29, 0.717) is 16.3 Å². The van der Waals surface area contributed by atoms with Crippen LogP contribution in [0.3, 0.4) is 0 Å². The third-order valence-corrected chi connectivity index (χ3v) is 4.38. The summed E-state index contributed by atoms with van der Waals surface area (Å²) >= 11 is 1.38. The number of hydrogen-bond acceptors (Lipinski definition) is 6. The maximum Gasteiger partial charge on any atom is 0.298 e. The van der Waals surface area contributed by atoms with Crippen molar-refractivity contribution >= 4 is 27.9 Å². The minimum absolute atomic E-state index is 0.0988. The van der Waals surface area contributed by atoms with Crippen LogP contribution in [-0.4, -0.2) is 27.6 Å². The second-order valence-electron chi connectivity index (χ2n) is 5.10. The predicted molar refractivity (Wildman–Crippen MR) is 92.1 cm³/mol. The van der Waals surface area contributed by atoms with E-state index in [9.17, 15) is 9.59 Å². The Labute approximate surface area is 141 Å². The van der Waals surface area contributed by atoms with Crippen molar-refractivity contribution in [3.63, 3.8) is 0 Å². The number of carbonyl (C=O) groups is 1. The molecule has 1 N–H and O–H groups in total. The van der Waals surface area contributed by atoms with E-state index in [1.807, 2.05) is 6.92 Å². The number of fused-ring (bicyclic) bond motifs is 1. The summed E-state index contributed by atoms with van der Waals surface area (Å²) in [5.74, 6) is 0.265. The van der Waals surface area contributed by atoms with E-state index < -0.39 is 0 Å². The number of nitrogens with one attached hydrogen (secondary N) is 1. The molecule has 24 heavy (non-hydrogen) atoms. The van der Waals surface area contributed by atoms with Gasteiger partial charge in [-0.25, -0.2) is 4.98 Å².